The lowest BCUT2D eigenvalue weighted by atomic mass is 10.0. The molecule has 0 atom stereocenters. The van der Waals surface area contributed by atoms with Crippen LogP contribution in [0.25, 0.3) is 0 Å². The van der Waals surface area contributed by atoms with E-state index in [2.05, 4.69) is 10.8 Å². The van der Waals surface area contributed by atoms with Crippen molar-refractivity contribution in [2.75, 3.05) is 18.5 Å². The van der Waals surface area contributed by atoms with E-state index >= 15 is 0 Å². The highest BCUT2D eigenvalue weighted by atomic mass is 19.1. The lowest BCUT2D eigenvalue weighted by molar-refractivity contribution is 0.0167. The van der Waals surface area contributed by atoms with Crippen molar-refractivity contribution in [2.45, 2.75) is 46.6 Å². The summed E-state index contributed by atoms with van der Waals surface area (Å²) in [6.45, 7) is 5.53. The van der Waals surface area contributed by atoms with Gasteiger partial charge in [0, 0.05) is 12.2 Å². The summed E-state index contributed by atoms with van der Waals surface area (Å²) in [4.78, 5) is 30.0. The fourth-order valence-corrected chi connectivity index (χ4v) is 3.23. The fourth-order valence-electron chi connectivity index (χ4n) is 3.23. The second kappa shape index (κ2) is 10.8. The Bertz CT molecular complexity index is 960. The summed E-state index contributed by atoms with van der Waals surface area (Å²) in [5.41, 5.74) is 1.72. The number of pyridine rings is 1. The van der Waals surface area contributed by atoms with E-state index in [4.69, 9.17) is 9.94 Å². The molecule has 164 valence electrons. The van der Waals surface area contributed by atoms with Crippen LogP contribution in [0.15, 0.2) is 23.0 Å². The van der Waals surface area contributed by atoms with Crippen LogP contribution < -0.4 is 16.4 Å². The number of hydrogen-bond donors (Lipinski definition) is 3. The van der Waals surface area contributed by atoms with Gasteiger partial charge in [-0.05, 0) is 43.9 Å². The molecule has 1 aromatic carbocycles. The van der Waals surface area contributed by atoms with Gasteiger partial charge in [-0.1, -0.05) is 19.9 Å². The Morgan fingerprint density at radius 3 is 2.67 bits per heavy atom. The fraction of sp³-hybridized carbons (Fsp3) is 0.429. The van der Waals surface area contributed by atoms with E-state index in [9.17, 15) is 18.4 Å². The summed E-state index contributed by atoms with van der Waals surface area (Å²) in [5.74, 6) is -2.59. The first kappa shape index (κ1) is 23.5. The number of hydroxylamine groups is 1. The maximum absolute atomic E-state index is 14.9. The first-order valence-electron chi connectivity index (χ1n) is 9.95. The Balaban J connectivity index is 0.00000155. The van der Waals surface area contributed by atoms with Crippen LogP contribution in [0, 0.1) is 18.6 Å². The second-order valence-corrected chi connectivity index (χ2v) is 6.54. The molecule has 0 aliphatic carbocycles. The third-order valence-electron chi connectivity index (χ3n) is 4.53. The van der Waals surface area contributed by atoms with Crippen molar-refractivity contribution in [1.82, 2.24) is 10.0 Å². The van der Waals surface area contributed by atoms with Crippen LogP contribution in [0.1, 0.15) is 48.3 Å². The average molecular weight is 423 g/mol. The van der Waals surface area contributed by atoms with E-state index in [1.165, 1.54) is 16.7 Å². The molecule has 0 saturated heterocycles. The molecule has 9 heteroatoms. The predicted molar refractivity (Wildman–Crippen MR) is 110 cm³/mol. The SMILES string of the molecule is CC.Cc1ccc(Nc2c(C(=O)NOCCO)c3n(c(=O)c2F)CCCC3)c(F)c1. The van der Waals surface area contributed by atoms with Crippen LogP contribution in [0.3, 0.4) is 0 Å². The van der Waals surface area contributed by atoms with Crippen LogP contribution in [0.2, 0.25) is 0 Å². The van der Waals surface area contributed by atoms with Gasteiger partial charge < -0.3 is 15.0 Å². The minimum absolute atomic E-state index is 0.0602. The first-order valence-corrected chi connectivity index (χ1v) is 9.95. The quantitative estimate of drug-likeness (QED) is 0.490. The van der Waals surface area contributed by atoms with Gasteiger partial charge in [0.1, 0.15) is 5.82 Å². The van der Waals surface area contributed by atoms with Crippen LogP contribution in [0.5, 0.6) is 0 Å². The number of carbonyl (C=O) groups is 1. The van der Waals surface area contributed by atoms with Crippen molar-refractivity contribution in [3.63, 3.8) is 0 Å². The molecule has 3 N–H and O–H groups in total. The number of halogens is 2. The molecule has 0 radical (unpaired) electrons. The molecule has 2 aromatic rings. The lowest BCUT2D eigenvalue weighted by Gasteiger charge is -2.24. The Kier molecular flexibility index (Phi) is 8.49. The van der Waals surface area contributed by atoms with Crippen molar-refractivity contribution in [3.05, 3.63) is 57.0 Å². The summed E-state index contributed by atoms with van der Waals surface area (Å²) in [6, 6.07) is 4.29. The Morgan fingerprint density at radius 2 is 2.00 bits per heavy atom. The summed E-state index contributed by atoms with van der Waals surface area (Å²) in [7, 11) is 0. The predicted octanol–water partition coefficient (Wildman–Crippen LogP) is 3.19. The number of rotatable bonds is 6. The third kappa shape index (κ3) is 5.03. The van der Waals surface area contributed by atoms with Crippen molar-refractivity contribution >= 4 is 17.3 Å². The number of aryl methyl sites for hydroxylation is 1. The minimum Gasteiger partial charge on any atom is -0.394 e. The van der Waals surface area contributed by atoms with Crippen LogP contribution >= 0.6 is 0 Å². The molecule has 7 nitrogen and oxygen atoms in total. The molecule has 1 aromatic heterocycles. The minimum atomic E-state index is -1.17. The summed E-state index contributed by atoms with van der Waals surface area (Å²) in [5, 5.41) is 11.4. The standard InChI is InChI=1S/C19H21F2N3O4.C2H6/c1-11-5-6-13(12(20)10-11)22-17-15(18(26)23-28-9-8-25)14-4-2-3-7-24(14)19(27)16(17)21;1-2/h5-6,10,22,25H,2-4,7-9H2,1H3,(H,23,26);1-2H3. The van der Waals surface area contributed by atoms with E-state index in [1.54, 1.807) is 13.0 Å². The zero-order valence-electron chi connectivity index (χ0n) is 17.3. The number of amides is 1. The molecule has 1 aliphatic rings. The highest BCUT2D eigenvalue weighted by Crippen LogP contribution is 2.29. The largest absolute Gasteiger partial charge is 0.394 e. The molecule has 1 aliphatic heterocycles. The number of nitrogens with one attached hydrogen (secondary N) is 2. The zero-order chi connectivity index (χ0) is 22.3. The maximum atomic E-state index is 14.9. The molecule has 2 heterocycles. The number of nitrogens with zero attached hydrogens (tertiary/aromatic N) is 1. The highest BCUT2D eigenvalue weighted by Gasteiger charge is 2.28. The van der Waals surface area contributed by atoms with Gasteiger partial charge in [0.05, 0.1) is 30.2 Å². The van der Waals surface area contributed by atoms with Crippen molar-refractivity contribution < 1.29 is 23.5 Å². The smallest absolute Gasteiger partial charge is 0.289 e. The number of carbonyl (C=O) groups excluding carboxylic acids is 1. The van der Waals surface area contributed by atoms with Gasteiger partial charge >= 0.3 is 0 Å². The van der Waals surface area contributed by atoms with Gasteiger partial charge in [-0.3, -0.25) is 14.4 Å². The van der Waals surface area contributed by atoms with E-state index in [0.29, 0.717) is 30.6 Å². The molecule has 0 fully saturated rings. The number of aromatic nitrogens is 1. The second-order valence-electron chi connectivity index (χ2n) is 6.54. The molecular weight excluding hydrogens is 396 g/mol. The lowest BCUT2D eigenvalue weighted by Crippen LogP contribution is -2.36. The van der Waals surface area contributed by atoms with Gasteiger partial charge in [0.25, 0.3) is 11.5 Å². The normalized spacial score (nSPS) is 12.5. The summed E-state index contributed by atoms with van der Waals surface area (Å²) >= 11 is 0. The zero-order valence-corrected chi connectivity index (χ0v) is 17.3. The van der Waals surface area contributed by atoms with E-state index < -0.39 is 28.8 Å². The number of fused-ring (bicyclic) bond motifs is 1. The van der Waals surface area contributed by atoms with Crippen LogP contribution in [-0.4, -0.2) is 28.8 Å². The van der Waals surface area contributed by atoms with E-state index in [0.717, 1.165) is 6.42 Å². The van der Waals surface area contributed by atoms with Gasteiger partial charge in [0.15, 0.2) is 0 Å². The Morgan fingerprint density at radius 1 is 1.27 bits per heavy atom. The Labute approximate surface area is 173 Å². The van der Waals surface area contributed by atoms with Gasteiger partial charge in [0.2, 0.25) is 5.82 Å². The number of hydrogen-bond acceptors (Lipinski definition) is 5. The average Bonchev–Trinajstić information content (AvgIpc) is 2.75. The number of anilines is 2. The topological polar surface area (TPSA) is 92.6 Å². The van der Waals surface area contributed by atoms with Gasteiger partial charge in [-0.15, -0.1) is 0 Å². The van der Waals surface area contributed by atoms with E-state index in [-0.39, 0.29) is 24.5 Å². The maximum Gasteiger partial charge on any atom is 0.289 e. The molecule has 1 amide bonds. The number of benzene rings is 1. The third-order valence-corrected chi connectivity index (χ3v) is 4.53. The van der Waals surface area contributed by atoms with Crippen molar-refractivity contribution in [3.8, 4) is 0 Å². The van der Waals surface area contributed by atoms with Gasteiger partial charge in [-0.25, -0.2) is 9.87 Å². The van der Waals surface area contributed by atoms with E-state index in [1.807, 2.05) is 13.8 Å². The molecule has 0 spiro atoms. The molecule has 0 bridgehead atoms. The molecular formula is C21H27F2N3O4. The van der Waals surface area contributed by atoms with Crippen molar-refractivity contribution in [1.29, 1.82) is 0 Å². The summed E-state index contributed by atoms with van der Waals surface area (Å²) < 4.78 is 30.4. The summed E-state index contributed by atoms with van der Waals surface area (Å²) in [6.07, 6.45) is 1.80. The van der Waals surface area contributed by atoms with Crippen LogP contribution in [0.4, 0.5) is 20.2 Å². The molecule has 0 saturated carbocycles. The number of aliphatic hydroxyl groups is 1. The monoisotopic (exact) mass is 423 g/mol. The highest BCUT2D eigenvalue weighted by molar-refractivity contribution is 6.01. The molecule has 3 rings (SSSR count). The first-order chi connectivity index (χ1) is 14.4. The van der Waals surface area contributed by atoms with Gasteiger partial charge in [-0.2, -0.15) is 4.39 Å². The molecule has 30 heavy (non-hydrogen) atoms. The number of aliphatic hydroxyl groups excluding tert-OH is 1. The molecule has 0 unspecified atom stereocenters. The van der Waals surface area contributed by atoms with Crippen LogP contribution in [-0.2, 0) is 17.8 Å². The van der Waals surface area contributed by atoms with Crippen molar-refractivity contribution in [2.24, 2.45) is 0 Å². The Hall–Kier alpha value is -2.78.